The molecular formula is C15H22N2O2. The molecule has 4 nitrogen and oxygen atoms in total. The Balaban J connectivity index is 2.39. The van der Waals surface area contributed by atoms with Crippen molar-refractivity contribution in [3.05, 3.63) is 24.1 Å². The second-order valence-corrected chi connectivity index (χ2v) is 6.06. The van der Waals surface area contributed by atoms with E-state index >= 15 is 0 Å². The average molecular weight is 262 g/mol. The minimum absolute atomic E-state index is 0.136. The number of ether oxygens (including phenoxy) is 1. The van der Waals surface area contributed by atoms with Gasteiger partial charge in [-0.2, -0.15) is 0 Å². The second-order valence-electron chi connectivity index (χ2n) is 6.06. The molecule has 1 atom stereocenters. The first-order valence-corrected chi connectivity index (χ1v) is 6.58. The van der Waals surface area contributed by atoms with Crippen LogP contribution in [0.2, 0.25) is 0 Å². The summed E-state index contributed by atoms with van der Waals surface area (Å²) in [6, 6.07) is 5.69. The van der Waals surface area contributed by atoms with Gasteiger partial charge in [-0.1, -0.05) is 26.8 Å². The van der Waals surface area contributed by atoms with Crippen molar-refractivity contribution < 1.29 is 9.15 Å². The highest BCUT2D eigenvalue weighted by Gasteiger charge is 2.24. The Morgan fingerprint density at radius 3 is 2.68 bits per heavy atom. The van der Waals surface area contributed by atoms with Crippen LogP contribution in [0, 0.1) is 5.41 Å². The lowest BCUT2D eigenvalue weighted by molar-refractivity contribution is 0.314. The van der Waals surface area contributed by atoms with Crippen LogP contribution < -0.4 is 10.5 Å². The molecule has 0 fully saturated rings. The number of hydrogen-bond acceptors (Lipinski definition) is 4. The monoisotopic (exact) mass is 262 g/mol. The predicted octanol–water partition coefficient (Wildman–Crippen LogP) is 3.31. The summed E-state index contributed by atoms with van der Waals surface area (Å²) in [5.41, 5.74) is 7.58. The quantitative estimate of drug-likeness (QED) is 0.918. The van der Waals surface area contributed by atoms with E-state index in [9.17, 15) is 0 Å². The second kappa shape index (κ2) is 5.21. The molecule has 1 aromatic heterocycles. The Morgan fingerprint density at radius 1 is 1.37 bits per heavy atom. The van der Waals surface area contributed by atoms with Crippen molar-refractivity contribution in [3.63, 3.8) is 0 Å². The van der Waals surface area contributed by atoms with Gasteiger partial charge >= 0.3 is 0 Å². The van der Waals surface area contributed by atoms with Gasteiger partial charge in [-0.15, -0.1) is 0 Å². The topological polar surface area (TPSA) is 61.3 Å². The van der Waals surface area contributed by atoms with Crippen molar-refractivity contribution in [1.29, 1.82) is 0 Å². The van der Waals surface area contributed by atoms with Crippen LogP contribution in [-0.4, -0.2) is 18.6 Å². The Morgan fingerprint density at radius 2 is 2.11 bits per heavy atom. The lowest BCUT2D eigenvalue weighted by Crippen LogP contribution is -2.19. The van der Waals surface area contributed by atoms with Gasteiger partial charge in [0, 0.05) is 12.5 Å². The maximum absolute atomic E-state index is 5.87. The maximum Gasteiger partial charge on any atom is 0.200 e. The molecule has 19 heavy (non-hydrogen) atoms. The molecule has 1 unspecified atom stereocenters. The predicted molar refractivity (Wildman–Crippen MR) is 76.4 cm³/mol. The molecule has 0 aliphatic rings. The van der Waals surface area contributed by atoms with Gasteiger partial charge in [0.15, 0.2) is 17.0 Å². The fraction of sp³-hybridized carbons (Fsp3) is 0.533. The fourth-order valence-electron chi connectivity index (χ4n) is 2.29. The molecule has 0 radical (unpaired) electrons. The van der Waals surface area contributed by atoms with Crippen LogP contribution in [0.1, 0.15) is 39.0 Å². The van der Waals surface area contributed by atoms with Gasteiger partial charge < -0.3 is 14.9 Å². The molecule has 104 valence electrons. The first-order valence-electron chi connectivity index (χ1n) is 6.58. The summed E-state index contributed by atoms with van der Waals surface area (Å²) in [7, 11) is 1.64. The number of oxazole rings is 1. The maximum atomic E-state index is 5.87. The summed E-state index contributed by atoms with van der Waals surface area (Å²) in [6.45, 7) is 7.11. The smallest absolute Gasteiger partial charge is 0.200 e. The normalized spacial score (nSPS) is 13.7. The van der Waals surface area contributed by atoms with E-state index in [0.717, 1.165) is 23.3 Å². The Kier molecular flexibility index (Phi) is 3.80. The van der Waals surface area contributed by atoms with Gasteiger partial charge in [0.05, 0.1) is 7.11 Å². The van der Waals surface area contributed by atoms with E-state index in [-0.39, 0.29) is 11.3 Å². The highest BCUT2D eigenvalue weighted by atomic mass is 16.5. The Bertz CT molecular complexity index is 555. The molecule has 1 aromatic carbocycles. The van der Waals surface area contributed by atoms with E-state index in [1.54, 1.807) is 7.11 Å². The van der Waals surface area contributed by atoms with Crippen molar-refractivity contribution in [1.82, 2.24) is 4.98 Å². The van der Waals surface area contributed by atoms with Gasteiger partial charge in [0.2, 0.25) is 0 Å². The van der Waals surface area contributed by atoms with Gasteiger partial charge in [-0.25, -0.2) is 4.98 Å². The zero-order valence-electron chi connectivity index (χ0n) is 12.1. The highest BCUT2D eigenvalue weighted by molar-refractivity contribution is 5.79. The summed E-state index contributed by atoms with van der Waals surface area (Å²) in [5.74, 6) is 1.58. The number of benzene rings is 1. The molecular weight excluding hydrogens is 240 g/mol. The van der Waals surface area contributed by atoms with Crippen molar-refractivity contribution in [2.75, 3.05) is 13.7 Å². The number of fused-ring (bicyclic) bond motifs is 1. The summed E-state index contributed by atoms with van der Waals surface area (Å²) in [4.78, 5) is 4.57. The Hall–Kier alpha value is -1.55. The van der Waals surface area contributed by atoms with Crippen molar-refractivity contribution in [2.45, 2.75) is 33.1 Å². The van der Waals surface area contributed by atoms with Gasteiger partial charge in [-0.3, -0.25) is 0 Å². The van der Waals surface area contributed by atoms with Crippen LogP contribution in [0.25, 0.3) is 11.1 Å². The number of aromatic nitrogens is 1. The number of hydrogen-bond donors (Lipinski definition) is 1. The minimum atomic E-state index is 0.136. The first kappa shape index (κ1) is 13.9. The molecule has 0 spiro atoms. The summed E-state index contributed by atoms with van der Waals surface area (Å²) in [5, 5.41) is 0. The lowest BCUT2D eigenvalue weighted by Gasteiger charge is -2.22. The number of nitrogens with two attached hydrogens (primary N) is 1. The lowest BCUT2D eigenvalue weighted by atomic mass is 9.84. The van der Waals surface area contributed by atoms with E-state index in [0.29, 0.717) is 12.4 Å². The number of rotatable bonds is 4. The molecule has 2 N–H and O–H groups in total. The van der Waals surface area contributed by atoms with E-state index in [1.165, 1.54) is 0 Å². The average Bonchev–Trinajstić information content (AvgIpc) is 2.78. The third-order valence-electron chi connectivity index (χ3n) is 3.11. The van der Waals surface area contributed by atoms with Crippen LogP contribution in [0.15, 0.2) is 22.6 Å². The van der Waals surface area contributed by atoms with Crippen molar-refractivity contribution >= 4 is 11.1 Å². The van der Waals surface area contributed by atoms with Gasteiger partial charge in [0.1, 0.15) is 5.75 Å². The van der Waals surface area contributed by atoms with E-state index in [4.69, 9.17) is 14.9 Å². The molecule has 0 aliphatic carbocycles. The zero-order chi connectivity index (χ0) is 14.0. The summed E-state index contributed by atoms with van der Waals surface area (Å²) >= 11 is 0. The standard InChI is InChI=1S/C15H22N2O2/c1-15(2,3)8-10(9-16)14-17-13-11(18-4)6-5-7-12(13)19-14/h5-7,10H,8-9,16H2,1-4H3. The van der Waals surface area contributed by atoms with Crippen LogP contribution >= 0.6 is 0 Å². The molecule has 0 saturated carbocycles. The third kappa shape index (κ3) is 3.07. The number of nitrogens with zero attached hydrogens (tertiary/aromatic N) is 1. The molecule has 2 aromatic rings. The van der Waals surface area contributed by atoms with Crippen LogP contribution in [-0.2, 0) is 0 Å². The van der Waals surface area contributed by atoms with E-state index in [1.807, 2.05) is 18.2 Å². The molecule has 2 rings (SSSR count). The SMILES string of the molecule is COc1cccc2oc(C(CN)CC(C)(C)C)nc12. The minimum Gasteiger partial charge on any atom is -0.494 e. The van der Waals surface area contributed by atoms with Crippen LogP contribution in [0.5, 0.6) is 5.75 Å². The largest absolute Gasteiger partial charge is 0.494 e. The zero-order valence-corrected chi connectivity index (χ0v) is 12.1. The van der Waals surface area contributed by atoms with E-state index < -0.39 is 0 Å². The Labute approximate surface area is 114 Å². The molecule has 0 amide bonds. The van der Waals surface area contributed by atoms with E-state index in [2.05, 4.69) is 25.8 Å². The molecule has 0 saturated heterocycles. The van der Waals surface area contributed by atoms with Crippen LogP contribution in [0.4, 0.5) is 0 Å². The summed E-state index contributed by atoms with van der Waals surface area (Å²) in [6.07, 6.45) is 0.943. The first-order chi connectivity index (χ1) is 8.94. The molecule has 4 heteroatoms. The van der Waals surface area contributed by atoms with Gasteiger partial charge in [0.25, 0.3) is 0 Å². The highest BCUT2D eigenvalue weighted by Crippen LogP contribution is 2.33. The van der Waals surface area contributed by atoms with Gasteiger partial charge in [-0.05, 0) is 24.0 Å². The molecule has 0 bridgehead atoms. The fourth-order valence-corrected chi connectivity index (χ4v) is 2.29. The summed E-state index contributed by atoms with van der Waals surface area (Å²) < 4.78 is 11.1. The number of methoxy groups -OCH3 is 1. The molecule has 1 heterocycles. The molecule has 0 aliphatic heterocycles. The van der Waals surface area contributed by atoms with Crippen molar-refractivity contribution in [2.24, 2.45) is 11.1 Å². The third-order valence-corrected chi connectivity index (χ3v) is 3.11. The number of para-hydroxylation sites is 1. The van der Waals surface area contributed by atoms with Crippen LogP contribution in [0.3, 0.4) is 0 Å². The van der Waals surface area contributed by atoms with Crippen molar-refractivity contribution in [3.8, 4) is 5.75 Å².